The smallest absolute Gasteiger partial charge is 0.345 e. The molecule has 0 atom stereocenters. The lowest BCUT2D eigenvalue weighted by Crippen LogP contribution is -2.25. The molecule has 0 saturated heterocycles. The molecule has 0 bridgehead atoms. The third kappa shape index (κ3) is 3.41. The fourth-order valence-corrected chi connectivity index (χ4v) is 2.44. The average molecular weight is 315 g/mol. The summed E-state index contributed by atoms with van der Waals surface area (Å²) in [5.41, 5.74) is 1.69. The molecule has 3 rings (SSSR count). The Morgan fingerprint density at radius 1 is 1.35 bits per heavy atom. The minimum Gasteiger partial charge on any atom is -0.462 e. The Morgan fingerprint density at radius 2 is 2.09 bits per heavy atom. The standard InChI is InChI=1S/C15H15N3O3.C2H6/c1-2-21-14(20)11-9-16-15(17-13(11)19)18-8-7-10-5-3-4-6-12(10)18;1-2/h3-6,9H,2,7-8H2,1H3,(H,16,17,19);1-2H3. The predicted octanol–water partition coefficient (Wildman–Crippen LogP) is 2.67. The maximum Gasteiger partial charge on any atom is 0.345 e. The minimum absolute atomic E-state index is 0.0758. The number of para-hydroxylation sites is 1. The van der Waals surface area contributed by atoms with Crippen LogP contribution in [-0.2, 0) is 11.2 Å². The number of hydrogen-bond acceptors (Lipinski definition) is 5. The molecule has 6 nitrogen and oxygen atoms in total. The van der Waals surface area contributed by atoms with E-state index in [9.17, 15) is 9.59 Å². The van der Waals surface area contributed by atoms with Crippen molar-refractivity contribution in [2.24, 2.45) is 0 Å². The predicted molar refractivity (Wildman–Crippen MR) is 89.3 cm³/mol. The van der Waals surface area contributed by atoms with Gasteiger partial charge in [-0.1, -0.05) is 32.0 Å². The fraction of sp³-hybridized carbons (Fsp3) is 0.353. The molecule has 0 fully saturated rings. The number of aromatic nitrogens is 2. The van der Waals surface area contributed by atoms with E-state index >= 15 is 0 Å². The summed E-state index contributed by atoms with van der Waals surface area (Å²) in [6.45, 7) is 6.66. The molecule has 0 saturated carbocycles. The fourth-order valence-electron chi connectivity index (χ4n) is 2.44. The van der Waals surface area contributed by atoms with Gasteiger partial charge in [0.2, 0.25) is 5.95 Å². The van der Waals surface area contributed by atoms with E-state index in [1.807, 2.05) is 36.9 Å². The van der Waals surface area contributed by atoms with E-state index in [0.29, 0.717) is 5.95 Å². The first-order valence-electron chi connectivity index (χ1n) is 7.82. The minimum atomic E-state index is -0.653. The number of ether oxygens (including phenoxy) is 1. The van der Waals surface area contributed by atoms with E-state index in [-0.39, 0.29) is 12.2 Å². The van der Waals surface area contributed by atoms with Gasteiger partial charge in [0, 0.05) is 12.2 Å². The van der Waals surface area contributed by atoms with Gasteiger partial charge in [-0.2, -0.15) is 0 Å². The zero-order valence-corrected chi connectivity index (χ0v) is 13.6. The van der Waals surface area contributed by atoms with Gasteiger partial charge in [0.05, 0.1) is 12.8 Å². The van der Waals surface area contributed by atoms with Crippen LogP contribution in [-0.4, -0.2) is 29.1 Å². The first kappa shape index (κ1) is 16.7. The number of fused-ring (bicyclic) bond motifs is 1. The molecule has 6 heteroatoms. The maximum absolute atomic E-state index is 12.0. The quantitative estimate of drug-likeness (QED) is 0.881. The number of aromatic amines is 1. The van der Waals surface area contributed by atoms with Crippen molar-refractivity contribution < 1.29 is 9.53 Å². The Hall–Kier alpha value is -2.63. The summed E-state index contributed by atoms with van der Waals surface area (Å²) < 4.78 is 4.82. The lowest BCUT2D eigenvalue weighted by Gasteiger charge is -2.17. The second-order valence-electron chi connectivity index (χ2n) is 4.70. The molecule has 1 aromatic heterocycles. The largest absolute Gasteiger partial charge is 0.462 e. The van der Waals surface area contributed by atoms with Crippen LogP contribution in [0, 0.1) is 0 Å². The van der Waals surface area contributed by atoms with Crippen molar-refractivity contribution in [2.45, 2.75) is 27.2 Å². The average Bonchev–Trinajstić information content (AvgIpc) is 3.01. The Labute approximate surface area is 135 Å². The first-order valence-corrected chi connectivity index (χ1v) is 7.82. The summed E-state index contributed by atoms with van der Waals surface area (Å²) >= 11 is 0. The number of carbonyl (C=O) groups is 1. The second kappa shape index (κ2) is 7.58. The molecule has 0 radical (unpaired) electrons. The molecule has 0 spiro atoms. The van der Waals surface area contributed by atoms with Crippen molar-refractivity contribution in [3.05, 3.63) is 51.9 Å². The molecule has 2 heterocycles. The Morgan fingerprint density at radius 3 is 2.78 bits per heavy atom. The van der Waals surface area contributed by atoms with Crippen molar-refractivity contribution in [3.63, 3.8) is 0 Å². The summed E-state index contributed by atoms with van der Waals surface area (Å²) in [6.07, 6.45) is 2.17. The molecule has 23 heavy (non-hydrogen) atoms. The Balaban J connectivity index is 0.000000924. The van der Waals surface area contributed by atoms with E-state index < -0.39 is 11.5 Å². The van der Waals surface area contributed by atoms with Crippen molar-refractivity contribution in [2.75, 3.05) is 18.1 Å². The van der Waals surface area contributed by atoms with Crippen LogP contribution in [0.15, 0.2) is 35.3 Å². The highest BCUT2D eigenvalue weighted by atomic mass is 16.5. The number of anilines is 2. The van der Waals surface area contributed by atoms with Gasteiger partial charge in [0.25, 0.3) is 5.56 Å². The Bertz CT molecular complexity index is 740. The van der Waals surface area contributed by atoms with Crippen LogP contribution in [0.1, 0.15) is 36.7 Å². The van der Waals surface area contributed by atoms with Gasteiger partial charge in [-0.15, -0.1) is 0 Å². The van der Waals surface area contributed by atoms with Crippen molar-refractivity contribution in [1.29, 1.82) is 0 Å². The van der Waals surface area contributed by atoms with Crippen molar-refractivity contribution in [3.8, 4) is 0 Å². The highest BCUT2D eigenvalue weighted by molar-refractivity contribution is 5.88. The van der Waals surface area contributed by atoms with Gasteiger partial charge in [-0.25, -0.2) is 9.78 Å². The molecule has 1 aliphatic rings. The summed E-state index contributed by atoms with van der Waals surface area (Å²) in [7, 11) is 0. The van der Waals surface area contributed by atoms with Gasteiger partial charge >= 0.3 is 5.97 Å². The SMILES string of the molecule is CC.CCOC(=O)c1cnc(N2CCc3ccccc32)[nH]c1=O. The number of benzene rings is 1. The molecule has 0 aliphatic carbocycles. The zero-order chi connectivity index (χ0) is 16.8. The van der Waals surface area contributed by atoms with Gasteiger partial charge in [0.1, 0.15) is 5.56 Å². The summed E-state index contributed by atoms with van der Waals surface area (Å²) in [5, 5.41) is 0. The van der Waals surface area contributed by atoms with E-state index in [0.717, 1.165) is 18.7 Å². The van der Waals surface area contributed by atoms with Crippen LogP contribution in [0.25, 0.3) is 0 Å². The van der Waals surface area contributed by atoms with Gasteiger partial charge in [0.15, 0.2) is 0 Å². The number of nitrogens with one attached hydrogen (secondary N) is 1. The number of rotatable bonds is 3. The summed E-state index contributed by atoms with van der Waals surface area (Å²) in [4.78, 5) is 32.4. The summed E-state index contributed by atoms with van der Waals surface area (Å²) in [5.74, 6) is -0.211. The molecule has 1 aromatic carbocycles. The number of H-pyrrole nitrogens is 1. The maximum atomic E-state index is 12.0. The second-order valence-corrected chi connectivity index (χ2v) is 4.70. The van der Waals surface area contributed by atoms with Gasteiger partial charge in [-0.05, 0) is 25.0 Å². The van der Waals surface area contributed by atoms with Crippen molar-refractivity contribution in [1.82, 2.24) is 9.97 Å². The molecule has 1 aliphatic heterocycles. The van der Waals surface area contributed by atoms with Crippen LogP contribution < -0.4 is 10.5 Å². The third-order valence-corrected chi connectivity index (χ3v) is 3.42. The van der Waals surface area contributed by atoms with Crippen LogP contribution in [0.2, 0.25) is 0 Å². The van der Waals surface area contributed by atoms with Crippen LogP contribution in [0.4, 0.5) is 11.6 Å². The van der Waals surface area contributed by atoms with Gasteiger partial charge < -0.3 is 9.64 Å². The van der Waals surface area contributed by atoms with E-state index in [2.05, 4.69) is 16.0 Å². The number of carbonyl (C=O) groups excluding carboxylic acids is 1. The van der Waals surface area contributed by atoms with Crippen LogP contribution in [0.3, 0.4) is 0 Å². The Kier molecular flexibility index (Phi) is 5.51. The third-order valence-electron chi connectivity index (χ3n) is 3.42. The highest BCUT2D eigenvalue weighted by Crippen LogP contribution is 2.31. The van der Waals surface area contributed by atoms with Crippen molar-refractivity contribution >= 4 is 17.6 Å². The van der Waals surface area contributed by atoms with E-state index in [4.69, 9.17) is 4.74 Å². The monoisotopic (exact) mass is 315 g/mol. The number of nitrogens with zero attached hydrogens (tertiary/aromatic N) is 2. The molecule has 1 N–H and O–H groups in total. The molecular weight excluding hydrogens is 294 g/mol. The molecule has 0 amide bonds. The first-order chi connectivity index (χ1) is 11.2. The molecule has 0 unspecified atom stereocenters. The zero-order valence-electron chi connectivity index (χ0n) is 13.6. The lowest BCUT2D eigenvalue weighted by molar-refractivity contribution is 0.0524. The normalized spacial score (nSPS) is 12.2. The van der Waals surface area contributed by atoms with Crippen LogP contribution in [0.5, 0.6) is 0 Å². The topological polar surface area (TPSA) is 75.3 Å². The van der Waals surface area contributed by atoms with E-state index in [1.54, 1.807) is 6.92 Å². The summed E-state index contributed by atoms with van der Waals surface area (Å²) in [6, 6.07) is 7.98. The van der Waals surface area contributed by atoms with Gasteiger partial charge in [-0.3, -0.25) is 9.78 Å². The lowest BCUT2D eigenvalue weighted by atomic mass is 10.2. The number of hydrogen-bond donors (Lipinski definition) is 1. The molecular formula is C17H21N3O3. The van der Waals surface area contributed by atoms with E-state index in [1.165, 1.54) is 11.8 Å². The van der Waals surface area contributed by atoms with Crippen LogP contribution >= 0.6 is 0 Å². The molecule has 2 aromatic rings. The number of esters is 1. The highest BCUT2D eigenvalue weighted by Gasteiger charge is 2.22. The molecule has 122 valence electrons.